The first kappa shape index (κ1) is 72.7. The molecule has 0 saturated heterocycles. The first-order valence-corrected chi connectivity index (χ1v) is 34.1. The molecule has 23 nitrogen and oxygen atoms in total. The number of anilines is 2. The van der Waals surface area contributed by atoms with Gasteiger partial charge in [0, 0.05) is 98.9 Å². The summed E-state index contributed by atoms with van der Waals surface area (Å²) in [6.07, 6.45) is 5.07. The second-order valence-corrected chi connectivity index (χ2v) is 25.0. The number of fused-ring (bicyclic) bond motifs is 8. The predicted molar refractivity (Wildman–Crippen MR) is 373 cm³/mol. The number of rotatable bonds is 41. The SMILES string of the molecule is CCCCn1nc2c(N)nc3ccccc3c2c1Cc1ccc(CCC(=O)OCc2ccc(CC(=O)[C@H](CCCNC(N)=O)NC(=O)[C@@H](CC(=O)CCOCCOCCOCCOCCCC(=O)CCC(=O)N3Cc4ccccc4-c4n[nH]nc4-c4ccccc43)C(C)C)cc2)cc1. The third-order valence-corrected chi connectivity index (χ3v) is 17.4. The van der Waals surface area contributed by atoms with Crippen LogP contribution in [-0.4, -0.2) is 137 Å². The number of hydrogen-bond acceptors (Lipinski definition) is 17. The second-order valence-electron chi connectivity index (χ2n) is 25.0. The van der Waals surface area contributed by atoms with E-state index in [1.54, 1.807) is 29.2 Å². The lowest BCUT2D eigenvalue weighted by atomic mass is 9.88. The molecule has 518 valence electrons. The van der Waals surface area contributed by atoms with Crippen LogP contribution in [0.25, 0.3) is 44.3 Å². The number of carbonyl (C=O) groups excluding carboxylic acids is 7. The molecule has 0 spiro atoms. The van der Waals surface area contributed by atoms with Crippen molar-refractivity contribution in [2.24, 2.45) is 17.6 Å². The van der Waals surface area contributed by atoms with Crippen molar-refractivity contribution in [3.63, 3.8) is 0 Å². The van der Waals surface area contributed by atoms with Crippen molar-refractivity contribution in [3.05, 3.63) is 155 Å². The molecule has 0 bridgehead atoms. The molecule has 5 aromatic carbocycles. The summed E-state index contributed by atoms with van der Waals surface area (Å²) >= 11 is 0. The average molecular weight is 1340 g/mol. The number of primary amides is 1. The van der Waals surface area contributed by atoms with E-state index in [4.69, 9.17) is 40.3 Å². The summed E-state index contributed by atoms with van der Waals surface area (Å²) in [5.74, 6) is -1.80. The number of aryl methyl sites for hydroxylation is 2. The number of ether oxygens (including phenoxy) is 5. The lowest BCUT2D eigenvalue weighted by molar-refractivity contribution is -0.145. The molecule has 23 heteroatoms. The van der Waals surface area contributed by atoms with Gasteiger partial charge in [-0.05, 0) is 78.0 Å². The van der Waals surface area contributed by atoms with Gasteiger partial charge in [0.15, 0.2) is 11.6 Å². The molecule has 0 radical (unpaired) electrons. The quantitative estimate of drug-likeness (QED) is 0.0176. The Kier molecular flexibility index (Phi) is 27.6. The number of aromatic nitrogens is 6. The van der Waals surface area contributed by atoms with Gasteiger partial charge in [-0.25, -0.2) is 9.78 Å². The number of pyridine rings is 1. The Hall–Kier alpha value is -9.55. The van der Waals surface area contributed by atoms with Gasteiger partial charge in [0.25, 0.3) is 0 Å². The number of para-hydroxylation sites is 2. The van der Waals surface area contributed by atoms with E-state index in [0.717, 1.165) is 91.6 Å². The van der Waals surface area contributed by atoms with Crippen LogP contribution in [0.2, 0.25) is 0 Å². The van der Waals surface area contributed by atoms with Gasteiger partial charge >= 0.3 is 12.0 Å². The van der Waals surface area contributed by atoms with Gasteiger partial charge in [0.05, 0.1) is 75.7 Å². The maximum Gasteiger partial charge on any atom is 0.312 e. The monoisotopic (exact) mass is 1340 g/mol. The van der Waals surface area contributed by atoms with Crippen LogP contribution in [0.3, 0.4) is 0 Å². The van der Waals surface area contributed by atoms with Crippen molar-refractivity contribution >= 4 is 74.5 Å². The van der Waals surface area contributed by atoms with Gasteiger partial charge < -0.3 is 50.7 Å². The first-order chi connectivity index (χ1) is 47.6. The normalized spacial score (nSPS) is 12.5. The highest BCUT2D eigenvalue weighted by Crippen LogP contribution is 2.40. The van der Waals surface area contributed by atoms with Crippen LogP contribution in [0.1, 0.15) is 125 Å². The number of urea groups is 1. The number of hydrogen-bond donors (Lipinski definition) is 5. The van der Waals surface area contributed by atoms with Crippen molar-refractivity contribution in [1.82, 2.24) is 40.8 Å². The summed E-state index contributed by atoms with van der Waals surface area (Å²) in [6.45, 7) is 9.69. The van der Waals surface area contributed by atoms with Crippen molar-refractivity contribution in [3.8, 4) is 22.5 Å². The van der Waals surface area contributed by atoms with Crippen LogP contribution in [0.5, 0.6) is 0 Å². The molecule has 4 amide bonds. The van der Waals surface area contributed by atoms with E-state index < -0.39 is 23.9 Å². The summed E-state index contributed by atoms with van der Waals surface area (Å²) < 4.78 is 30.3. The summed E-state index contributed by atoms with van der Waals surface area (Å²) in [5, 5.41) is 24.0. The van der Waals surface area contributed by atoms with Crippen LogP contribution in [0.15, 0.2) is 121 Å². The number of benzene rings is 5. The molecular weight excluding hydrogens is 1250 g/mol. The average Bonchev–Trinajstić information content (AvgIpc) is 1.55. The topological polar surface area (TPSA) is 317 Å². The molecule has 1 aliphatic rings. The zero-order chi connectivity index (χ0) is 69.2. The Morgan fingerprint density at radius 2 is 1.30 bits per heavy atom. The molecule has 3 aromatic heterocycles. The third-order valence-electron chi connectivity index (χ3n) is 17.4. The summed E-state index contributed by atoms with van der Waals surface area (Å²) in [6, 6.07) is 37.3. The van der Waals surface area contributed by atoms with Crippen LogP contribution < -0.4 is 27.0 Å². The van der Waals surface area contributed by atoms with Gasteiger partial charge in [-0.1, -0.05) is 136 Å². The molecule has 0 saturated carbocycles. The number of Topliss-reactive ketones (excluding diaryl/α,β-unsaturated/α-hetero) is 3. The van der Waals surface area contributed by atoms with E-state index in [1.807, 2.05) is 92.7 Å². The minimum absolute atomic E-state index is 0.00537. The van der Waals surface area contributed by atoms with E-state index in [2.05, 4.69) is 60.8 Å². The molecule has 8 aromatic rings. The van der Waals surface area contributed by atoms with Crippen LogP contribution >= 0.6 is 0 Å². The Labute approximate surface area is 571 Å². The molecule has 0 fully saturated rings. The van der Waals surface area contributed by atoms with Crippen LogP contribution in [-0.2, 0) is 91.4 Å². The van der Waals surface area contributed by atoms with Gasteiger partial charge in [-0.3, -0.25) is 33.4 Å². The van der Waals surface area contributed by atoms with Crippen molar-refractivity contribution in [1.29, 1.82) is 0 Å². The molecule has 98 heavy (non-hydrogen) atoms. The van der Waals surface area contributed by atoms with Crippen molar-refractivity contribution < 1.29 is 57.2 Å². The fourth-order valence-electron chi connectivity index (χ4n) is 12.0. The lowest BCUT2D eigenvalue weighted by Crippen LogP contribution is -2.46. The highest BCUT2D eigenvalue weighted by atomic mass is 16.6. The molecule has 0 aliphatic carbocycles. The van der Waals surface area contributed by atoms with Gasteiger partial charge in [0.2, 0.25) is 11.8 Å². The Morgan fingerprint density at radius 1 is 0.653 bits per heavy atom. The zero-order valence-corrected chi connectivity index (χ0v) is 56.4. The Bertz CT molecular complexity index is 3980. The van der Waals surface area contributed by atoms with Gasteiger partial charge in [-0.15, -0.1) is 0 Å². The molecule has 7 N–H and O–H groups in total. The number of nitrogen functional groups attached to an aromatic ring is 1. The number of nitrogens with two attached hydrogens (primary N) is 2. The third kappa shape index (κ3) is 21.0. The summed E-state index contributed by atoms with van der Waals surface area (Å²) in [7, 11) is 0. The highest BCUT2D eigenvalue weighted by molar-refractivity contribution is 6.10. The summed E-state index contributed by atoms with van der Waals surface area (Å²) in [5.41, 5.74) is 22.7. The highest BCUT2D eigenvalue weighted by Gasteiger charge is 2.31. The maximum absolute atomic E-state index is 13.9. The molecule has 4 heterocycles. The number of esters is 1. The van der Waals surface area contributed by atoms with Gasteiger partial charge in [0.1, 0.15) is 35.1 Å². The van der Waals surface area contributed by atoms with Crippen LogP contribution in [0, 0.1) is 11.8 Å². The largest absolute Gasteiger partial charge is 0.461 e. The van der Waals surface area contributed by atoms with E-state index >= 15 is 0 Å². The van der Waals surface area contributed by atoms with E-state index in [1.165, 1.54) is 0 Å². The maximum atomic E-state index is 13.9. The Balaban J connectivity index is 0.615. The number of nitrogens with zero attached hydrogens (tertiary/aromatic N) is 6. The molecular formula is C75H91N11O12. The van der Waals surface area contributed by atoms with Crippen LogP contribution in [0.4, 0.5) is 16.3 Å². The molecule has 2 atom stereocenters. The number of nitrogens with one attached hydrogen (secondary N) is 3. The lowest BCUT2D eigenvalue weighted by Gasteiger charge is -2.28. The van der Waals surface area contributed by atoms with E-state index in [0.29, 0.717) is 88.8 Å². The first-order valence-electron chi connectivity index (χ1n) is 34.1. The smallest absolute Gasteiger partial charge is 0.312 e. The number of aromatic amines is 1. The van der Waals surface area contributed by atoms with Gasteiger partial charge in [-0.2, -0.15) is 20.5 Å². The predicted octanol–water partition coefficient (Wildman–Crippen LogP) is 10.1. The molecule has 1 aliphatic heterocycles. The van der Waals surface area contributed by atoms with Crippen molar-refractivity contribution in [2.75, 3.05) is 70.0 Å². The summed E-state index contributed by atoms with van der Waals surface area (Å²) in [4.78, 5) is 98.2. The fraction of sp³-hybridized carbons (Fsp3) is 0.427. The molecule has 0 unspecified atom stereocenters. The standard InChI is InChI=1S/C75H91N11O12/c1-4-5-36-86-65(69-59-17-8-10-19-62(59)79-73(76)72(69)83-86)45-52-24-22-51(23-25-52)30-33-68(91)98-49-54-28-26-53(27-29-54)46-66(89)63(20-12-35-78-75(77)93)80-74(92)61(50(2)3)47-57(88)34-38-95-40-42-97-44-43-96-41-39-94-37-13-15-56(87)31-32-67(90)85-48-55-14-6-7-16-58(55)70-71(82-84-81-70)60-18-9-11-21-64(60)85/h6-11,14,16-19,21-29,50,61,63H,4-5,12-13,15,20,30-49H2,1-3H3,(H2,76,79)(H,80,92)(H3,77,78,93)(H,81,82,84)/t61-,63-/m0/s1. The second kappa shape index (κ2) is 37.3. The fourth-order valence-corrected chi connectivity index (χ4v) is 12.0. The minimum Gasteiger partial charge on any atom is -0.461 e. The number of H-pyrrole nitrogens is 1. The number of unbranched alkanes of at least 4 members (excludes halogenated alkanes) is 1. The minimum atomic E-state index is -0.898. The number of carbonyl (C=O) groups is 7. The molecule has 9 rings (SSSR count). The number of ketones is 3. The van der Waals surface area contributed by atoms with Crippen molar-refractivity contribution in [2.45, 2.75) is 136 Å². The number of amides is 4. The zero-order valence-electron chi connectivity index (χ0n) is 56.4. The Morgan fingerprint density at radius 3 is 2.02 bits per heavy atom. The van der Waals surface area contributed by atoms with E-state index in [-0.39, 0.29) is 113 Å². The van der Waals surface area contributed by atoms with E-state index in [9.17, 15) is 33.6 Å².